The van der Waals surface area contributed by atoms with Crippen LogP contribution < -0.4 is 10.7 Å². The molecule has 0 bridgehead atoms. The summed E-state index contributed by atoms with van der Waals surface area (Å²) in [6.07, 6.45) is 1.89. The zero-order chi connectivity index (χ0) is 16.7. The molecule has 1 aromatic carbocycles. The summed E-state index contributed by atoms with van der Waals surface area (Å²) in [5, 5.41) is 10.9. The van der Waals surface area contributed by atoms with Crippen molar-refractivity contribution in [1.29, 1.82) is 0 Å². The Morgan fingerprint density at radius 2 is 2.12 bits per heavy atom. The summed E-state index contributed by atoms with van der Waals surface area (Å²) < 4.78 is 0. The number of hydrogen-bond acceptors (Lipinski definition) is 5. The smallest absolute Gasteiger partial charge is 0.299 e. The molecule has 0 spiro atoms. The first kappa shape index (κ1) is 15.2. The minimum absolute atomic E-state index is 0.0360. The lowest BCUT2D eigenvalue weighted by atomic mass is 9.99. The van der Waals surface area contributed by atoms with E-state index in [9.17, 15) is 9.59 Å². The molecule has 3 heterocycles. The molecular weight excluding hydrogens is 342 g/mol. The van der Waals surface area contributed by atoms with Gasteiger partial charge >= 0.3 is 0 Å². The molecule has 1 aromatic heterocycles. The Balaban J connectivity index is 1.77. The number of rotatable bonds is 2. The zero-order valence-corrected chi connectivity index (χ0v) is 14.3. The molecule has 1 unspecified atom stereocenters. The standard InChI is InChI=1S/C17H13N3O2S2/c1-9-15(19-20-17(22)24-9)11-2-3-14-12(7-11)13(16(21)18-14)6-10-4-5-23-8-10/h2-9H,1H3,(H,18,21)(H,20,22). The van der Waals surface area contributed by atoms with Gasteiger partial charge < -0.3 is 5.32 Å². The van der Waals surface area contributed by atoms with Crippen LogP contribution in [0.15, 0.2) is 40.1 Å². The second-order valence-corrected chi connectivity index (χ2v) is 7.58. The van der Waals surface area contributed by atoms with E-state index in [4.69, 9.17) is 0 Å². The molecule has 4 rings (SSSR count). The topological polar surface area (TPSA) is 70.6 Å². The average molecular weight is 355 g/mol. The summed E-state index contributed by atoms with van der Waals surface area (Å²) in [6.45, 7) is 1.95. The molecule has 2 amide bonds. The Bertz CT molecular complexity index is 901. The highest BCUT2D eigenvalue weighted by Gasteiger charge is 2.27. The zero-order valence-electron chi connectivity index (χ0n) is 12.7. The van der Waals surface area contributed by atoms with Crippen molar-refractivity contribution >= 4 is 57.3 Å². The fourth-order valence-corrected chi connectivity index (χ4v) is 4.09. The Hall–Kier alpha value is -2.38. The highest BCUT2D eigenvalue weighted by molar-refractivity contribution is 8.14. The van der Waals surface area contributed by atoms with Crippen molar-refractivity contribution in [2.24, 2.45) is 5.10 Å². The third-order valence-electron chi connectivity index (χ3n) is 3.89. The van der Waals surface area contributed by atoms with Crippen molar-refractivity contribution in [2.75, 3.05) is 5.32 Å². The van der Waals surface area contributed by atoms with Gasteiger partial charge in [0.1, 0.15) is 0 Å². The van der Waals surface area contributed by atoms with Gasteiger partial charge in [0.2, 0.25) is 0 Å². The van der Waals surface area contributed by atoms with Crippen molar-refractivity contribution in [3.63, 3.8) is 0 Å². The van der Waals surface area contributed by atoms with Crippen molar-refractivity contribution in [1.82, 2.24) is 5.43 Å². The van der Waals surface area contributed by atoms with Crippen molar-refractivity contribution in [3.8, 4) is 0 Å². The number of benzene rings is 1. The number of anilines is 1. The molecule has 5 nitrogen and oxygen atoms in total. The Morgan fingerprint density at radius 1 is 1.25 bits per heavy atom. The molecule has 1 atom stereocenters. The Morgan fingerprint density at radius 3 is 2.88 bits per heavy atom. The number of hydrazone groups is 1. The molecule has 2 aliphatic rings. The van der Waals surface area contributed by atoms with Crippen LogP contribution in [0.3, 0.4) is 0 Å². The first-order valence-electron chi connectivity index (χ1n) is 7.36. The van der Waals surface area contributed by atoms with Crippen LogP contribution in [0.1, 0.15) is 23.6 Å². The molecular formula is C17H13N3O2S2. The van der Waals surface area contributed by atoms with Gasteiger partial charge in [0.25, 0.3) is 11.1 Å². The predicted molar refractivity (Wildman–Crippen MR) is 99.4 cm³/mol. The number of thiophene rings is 1. The van der Waals surface area contributed by atoms with Gasteiger partial charge in [-0.15, -0.1) is 0 Å². The minimum atomic E-state index is -0.151. The first-order valence-corrected chi connectivity index (χ1v) is 9.18. The van der Waals surface area contributed by atoms with E-state index >= 15 is 0 Å². The van der Waals surface area contributed by atoms with Crippen LogP contribution in [-0.2, 0) is 4.79 Å². The number of fused-ring (bicyclic) bond motifs is 1. The van der Waals surface area contributed by atoms with E-state index in [1.54, 1.807) is 11.3 Å². The number of hydrogen-bond donors (Lipinski definition) is 2. The molecule has 0 radical (unpaired) electrons. The highest BCUT2D eigenvalue weighted by atomic mass is 32.2. The van der Waals surface area contributed by atoms with Crippen LogP contribution in [0.25, 0.3) is 11.6 Å². The lowest BCUT2D eigenvalue weighted by molar-refractivity contribution is -0.110. The Labute approximate surface area is 146 Å². The van der Waals surface area contributed by atoms with Crippen LogP contribution >= 0.6 is 23.1 Å². The SMILES string of the molecule is CC1SC(=O)NN=C1c1ccc2c(c1)C(=Cc1ccsc1)C(=O)N2. The van der Waals surface area contributed by atoms with E-state index < -0.39 is 0 Å². The summed E-state index contributed by atoms with van der Waals surface area (Å²) in [5.41, 5.74) is 7.52. The number of carbonyl (C=O) groups is 2. The average Bonchev–Trinajstić information content (AvgIpc) is 3.16. The molecule has 2 N–H and O–H groups in total. The van der Waals surface area contributed by atoms with Gasteiger partial charge in [-0.05, 0) is 53.1 Å². The van der Waals surface area contributed by atoms with Crippen molar-refractivity contribution < 1.29 is 9.59 Å². The highest BCUT2D eigenvalue weighted by Crippen LogP contribution is 2.35. The van der Waals surface area contributed by atoms with Crippen LogP contribution in [0.5, 0.6) is 0 Å². The third kappa shape index (κ3) is 2.65. The minimum Gasteiger partial charge on any atom is -0.321 e. The summed E-state index contributed by atoms with van der Waals surface area (Å²) >= 11 is 2.80. The van der Waals surface area contributed by atoms with Gasteiger partial charge in [0.05, 0.1) is 11.0 Å². The molecule has 7 heteroatoms. The number of amides is 2. The maximum Gasteiger partial charge on any atom is 0.299 e. The van der Waals surface area contributed by atoms with E-state index in [0.29, 0.717) is 5.57 Å². The van der Waals surface area contributed by atoms with Gasteiger partial charge in [-0.2, -0.15) is 16.4 Å². The van der Waals surface area contributed by atoms with E-state index in [-0.39, 0.29) is 16.4 Å². The lowest BCUT2D eigenvalue weighted by Gasteiger charge is -2.18. The van der Waals surface area contributed by atoms with E-state index in [0.717, 1.165) is 28.1 Å². The number of thioether (sulfide) groups is 1. The predicted octanol–water partition coefficient (Wildman–Crippen LogP) is 3.79. The number of nitrogens with one attached hydrogen (secondary N) is 2. The second-order valence-electron chi connectivity index (χ2n) is 5.49. The first-order chi connectivity index (χ1) is 11.6. The lowest BCUT2D eigenvalue weighted by Crippen LogP contribution is -2.29. The maximum atomic E-state index is 12.3. The molecule has 24 heavy (non-hydrogen) atoms. The van der Waals surface area contributed by atoms with Crippen molar-refractivity contribution in [3.05, 3.63) is 51.7 Å². The van der Waals surface area contributed by atoms with Crippen molar-refractivity contribution in [2.45, 2.75) is 12.2 Å². The van der Waals surface area contributed by atoms with E-state index in [1.807, 2.05) is 48.0 Å². The summed E-state index contributed by atoms with van der Waals surface area (Å²) in [4.78, 5) is 23.7. The summed E-state index contributed by atoms with van der Waals surface area (Å²) in [5.74, 6) is -0.102. The van der Waals surface area contributed by atoms with E-state index in [2.05, 4.69) is 15.8 Å². The van der Waals surface area contributed by atoms with Gasteiger partial charge in [0, 0.05) is 16.8 Å². The van der Waals surface area contributed by atoms with Gasteiger partial charge in [-0.25, -0.2) is 5.43 Å². The Kier molecular flexibility index (Phi) is 3.74. The van der Waals surface area contributed by atoms with Crippen LogP contribution in [-0.4, -0.2) is 22.1 Å². The molecule has 2 aromatic rings. The molecule has 120 valence electrons. The fraction of sp³-hybridized carbons (Fsp3) is 0.118. The molecule has 0 fully saturated rings. The largest absolute Gasteiger partial charge is 0.321 e. The summed E-state index contributed by atoms with van der Waals surface area (Å²) in [6, 6.07) is 7.73. The van der Waals surface area contributed by atoms with Crippen LogP contribution in [0, 0.1) is 0 Å². The van der Waals surface area contributed by atoms with Crippen LogP contribution in [0.2, 0.25) is 0 Å². The summed E-state index contributed by atoms with van der Waals surface area (Å²) in [7, 11) is 0. The number of nitrogens with zero attached hydrogens (tertiary/aromatic N) is 1. The molecule has 0 aliphatic carbocycles. The van der Waals surface area contributed by atoms with Gasteiger partial charge in [-0.3, -0.25) is 9.59 Å². The fourth-order valence-electron chi connectivity index (χ4n) is 2.75. The quantitative estimate of drug-likeness (QED) is 0.805. The second kappa shape index (κ2) is 5.92. The molecule has 2 aliphatic heterocycles. The molecule has 0 saturated heterocycles. The van der Waals surface area contributed by atoms with Crippen LogP contribution in [0.4, 0.5) is 10.5 Å². The number of carbonyl (C=O) groups excluding carboxylic acids is 2. The molecule has 0 saturated carbocycles. The normalized spacial score (nSPS) is 21.3. The van der Waals surface area contributed by atoms with Gasteiger partial charge in [0.15, 0.2) is 0 Å². The third-order valence-corrected chi connectivity index (χ3v) is 5.47. The monoisotopic (exact) mass is 355 g/mol. The van der Waals surface area contributed by atoms with E-state index in [1.165, 1.54) is 11.8 Å². The maximum absolute atomic E-state index is 12.3. The van der Waals surface area contributed by atoms with Gasteiger partial charge in [-0.1, -0.05) is 17.8 Å².